The lowest BCUT2D eigenvalue weighted by molar-refractivity contribution is 0.439. The quantitative estimate of drug-likeness (QED) is 0.311. The van der Waals surface area contributed by atoms with Gasteiger partial charge in [0.25, 0.3) is 10.1 Å². The van der Waals surface area contributed by atoms with E-state index in [0.717, 1.165) is 0 Å². The molecular weight excluding hydrogens is 482 g/mol. The summed E-state index contributed by atoms with van der Waals surface area (Å²) >= 11 is 24.2. The zero-order chi connectivity index (χ0) is 21.6. The van der Waals surface area contributed by atoms with Gasteiger partial charge in [-0.1, -0.05) is 76.7 Å². The molecule has 3 aromatic carbocycles. The van der Waals surface area contributed by atoms with Crippen molar-refractivity contribution in [3.8, 4) is 11.5 Å². The van der Waals surface area contributed by atoms with Gasteiger partial charge >= 0.3 is 0 Å². The first kappa shape index (κ1) is 22.0. The van der Waals surface area contributed by atoms with Gasteiger partial charge in [-0.2, -0.15) is 8.42 Å². The number of halogens is 4. The number of phenols is 2. The summed E-state index contributed by atoms with van der Waals surface area (Å²) < 4.78 is 33.9. The Labute approximate surface area is 186 Å². The lowest BCUT2D eigenvalue weighted by Crippen LogP contribution is -2.38. The zero-order valence-electron chi connectivity index (χ0n) is 14.3. The molecule has 0 saturated heterocycles. The third-order valence-corrected chi connectivity index (χ3v) is 7.11. The molecule has 29 heavy (non-hydrogen) atoms. The zero-order valence-corrected chi connectivity index (χ0v) is 18.1. The summed E-state index contributed by atoms with van der Waals surface area (Å²) in [4.78, 5) is 0. The minimum atomic E-state index is -5.11. The largest absolute Gasteiger partial charge is 0.506 e. The maximum absolute atomic E-state index is 13.0. The van der Waals surface area contributed by atoms with Gasteiger partial charge in [-0.3, -0.25) is 4.55 Å². The Morgan fingerprint density at radius 3 is 2.00 bits per heavy atom. The van der Waals surface area contributed by atoms with Gasteiger partial charge in [-0.15, -0.1) is 0 Å². The highest BCUT2D eigenvalue weighted by Crippen LogP contribution is 2.52. The monoisotopic (exact) mass is 492 g/mol. The Morgan fingerprint density at radius 2 is 1.38 bits per heavy atom. The van der Waals surface area contributed by atoms with E-state index in [4.69, 9.17) is 46.4 Å². The van der Waals surface area contributed by atoms with Gasteiger partial charge in [0.1, 0.15) is 5.75 Å². The van der Waals surface area contributed by atoms with Crippen molar-refractivity contribution in [3.63, 3.8) is 0 Å². The summed E-state index contributed by atoms with van der Waals surface area (Å²) in [6.07, 6.45) is 0. The Balaban J connectivity index is 2.63. The second kappa shape index (κ2) is 7.87. The van der Waals surface area contributed by atoms with Crippen molar-refractivity contribution in [1.82, 2.24) is 0 Å². The van der Waals surface area contributed by atoms with Crippen molar-refractivity contribution < 1.29 is 23.2 Å². The third kappa shape index (κ3) is 3.54. The average Bonchev–Trinajstić information content (AvgIpc) is 2.64. The maximum atomic E-state index is 13.0. The molecule has 5 nitrogen and oxygen atoms in total. The normalized spacial score (nSPS) is 13.8. The van der Waals surface area contributed by atoms with Crippen LogP contribution in [0.2, 0.25) is 20.1 Å². The standard InChI is InChI=1S/C19H12Cl4O5S/c20-11-4-1-3-10(9-11)19(29(26,27)28,13-5-2-6-14(21)17(13)24)12-7-8-15(22)18(25)16(12)23/h1-9,24-25H,(H,26,27,28). The van der Waals surface area contributed by atoms with Crippen LogP contribution in [-0.2, 0) is 14.9 Å². The Kier molecular flexibility index (Phi) is 5.98. The summed E-state index contributed by atoms with van der Waals surface area (Å²) in [5, 5.41) is 20.3. The SMILES string of the molecule is O=S(=O)(O)C(c1cccc(Cl)c1)(c1cccc(Cl)c1O)c1ccc(Cl)c(O)c1Cl. The second-order valence-corrected chi connectivity index (χ2v) is 9.25. The molecule has 0 radical (unpaired) electrons. The fourth-order valence-electron chi connectivity index (χ4n) is 3.20. The van der Waals surface area contributed by atoms with Crippen LogP contribution in [0.1, 0.15) is 16.7 Å². The lowest BCUT2D eigenvalue weighted by Gasteiger charge is -2.34. The summed E-state index contributed by atoms with van der Waals surface area (Å²) in [6, 6.07) is 12.1. The van der Waals surface area contributed by atoms with Crippen molar-refractivity contribution in [2.75, 3.05) is 0 Å². The molecule has 0 heterocycles. The van der Waals surface area contributed by atoms with Crippen LogP contribution < -0.4 is 0 Å². The molecule has 1 unspecified atom stereocenters. The number of hydrogen-bond acceptors (Lipinski definition) is 4. The van der Waals surface area contributed by atoms with Crippen molar-refractivity contribution in [2.45, 2.75) is 4.75 Å². The predicted molar refractivity (Wildman–Crippen MR) is 114 cm³/mol. The fourth-order valence-corrected chi connectivity index (χ4v) is 5.45. The van der Waals surface area contributed by atoms with E-state index in [2.05, 4.69) is 0 Å². The van der Waals surface area contributed by atoms with E-state index in [1.54, 1.807) is 0 Å². The first-order valence-electron chi connectivity index (χ1n) is 7.90. The molecule has 10 heteroatoms. The first-order chi connectivity index (χ1) is 13.5. The molecule has 0 bridgehead atoms. The molecule has 0 amide bonds. The van der Waals surface area contributed by atoms with E-state index in [1.165, 1.54) is 54.6 Å². The number of phenolic OH excluding ortho intramolecular Hbond substituents is 2. The molecule has 3 aromatic rings. The molecule has 0 fully saturated rings. The lowest BCUT2D eigenvalue weighted by atomic mass is 9.83. The van der Waals surface area contributed by atoms with E-state index in [9.17, 15) is 23.2 Å². The van der Waals surface area contributed by atoms with Gasteiger partial charge in [0, 0.05) is 16.1 Å². The molecule has 0 aliphatic carbocycles. The van der Waals surface area contributed by atoms with E-state index in [0.29, 0.717) is 0 Å². The highest BCUT2D eigenvalue weighted by molar-refractivity contribution is 7.87. The second-order valence-electron chi connectivity index (χ2n) is 6.06. The van der Waals surface area contributed by atoms with Crippen molar-refractivity contribution >= 4 is 56.5 Å². The van der Waals surface area contributed by atoms with Crippen LogP contribution in [0, 0.1) is 0 Å². The van der Waals surface area contributed by atoms with E-state index < -0.39 is 31.4 Å². The van der Waals surface area contributed by atoms with Crippen LogP contribution >= 0.6 is 46.4 Å². The molecule has 0 aromatic heterocycles. The molecule has 0 spiro atoms. The summed E-state index contributed by atoms with van der Waals surface area (Å²) in [5.74, 6) is -1.19. The molecule has 3 rings (SSSR count). The van der Waals surface area contributed by atoms with Crippen LogP contribution in [0.15, 0.2) is 54.6 Å². The summed E-state index contributed by atoms with van der Waals surface area (Å²) in [5.41, 5.74) is -0.601. The van der Waals surface area contributed by atoms with E-state index >= 15 is 0 Å². The molecule has 0 aliphatic heterocycles. The van der Waals surface area contributed by atoms with Crippen LogP contribution in [0.3, 0.4) is 0 Å². The fraction of sp³-hybridized carbons (Fsp3) is 0.0526. The molecular formula is C19H12Cl4O5S. The predicted octanol–water partition coefficient (Wildman–Crippen LogP) is 5.89. The minimum absolute atomic E-state index is 0.0475. The topological polar surface area (TPSA) is 94.8 Å². The van der Waals surface area contributed by atoms with Crippen molar-refractivity contribution in [1.29, 1.82) is 0 Å². The van der Waals surface area contributed by atoms with Gasteiger partial charge < -0.3 is 10.2 Å². The highest BCUT2D eigenvalue weighted by Gasteiger charge is 2.52. The maximum Gasteiger partial charge on any atom is 0.283 e. The third-order valence-electron chi connectivity index (χ3n) is 4.43. The highest BCUT2D eigenvalue weighted by atomic mass is 35.5. The number of benzene rings is 3. The minimum Gasteiger partial charge on any atom is -0.506 e. The van der Waals surface area contributed by atoms with Crippen LogP contribution in [0.25, 0.3) is 0 Å². The average molecular weight is 494 g/mol. The van der Waals surface area contributed by atoms with E-state index in [-0.39, 0.29) is 31.8 Å². The first-order valence-corrected chi connectivity index (χ1v) is 10.9. The van der Waals surface area contributed by atoms with Gasteiger partial charge in [0.05, 0.1) is 15.1 Å². The Hall–Kier alpha value is -1.67. The number of rotatable bonds is 4. The molecule has 152 valence electrons. The van der Waals surface area contributed by atoms with E-state index in [1.807, 2.05) is 0 Å². The number of aromatic hydroxyl groups is 2. The van der Waals surface area contributed by atoms with Crippen LogP contribution in [0.4, 0.5) is 0 Å². The Bertz CT molecular complexity index is 1210. The summed E-state index contributed by atoms with van der Waals surface area (Å²) in [6.45, 7) is 0. The van der Waals surface area contributed by atoms with Crippen molar-refractivity contribution in [2.24, 2.45) is 0 Å². The van der Waals surface area contributed by atoms with Gasteiger partial charge in [0.15, 0.2) is 10.5 Å². The molecule has 0 saturated carbocycles. The van der Waals surface area contributed by atoms with Gasteiger partial charge in [-0.05, 0) is 29.8 Å². The summed E-state index contributed by atoms with van der Waals surface area (Å²) in [7, 11) is -5.11. The van der Waals surface area contributed by atoms with Crippen molar-refractivity contribution in [3.05, 3.63) is 91.4 Å². The van der Waals surface area contributed by atoms with Crippen LogP contribution in [-0.4, -0.2) is 23.2 Å². The van der Waals surface area contributed by atoms with Crippen LogP contribution in [0.5, 0.6) is 11.5 Å². The molecule has 1 atom stereocenters. The molecule has 3 N–H and O–H groups in total. The smallest absolute Gasteiger partial charge is 0.283 e. The molecule has 0 aliphatic rings. The van der Waals surface area contributed by atoms with Gasteiger partial charge in [-0.25, -0.2) is 0 Å². The van der Waals surface area contributed by atoms with Gasteiger partial charge in [0.2, 0.25) is 0 Å². The number of para-hydroxylation sites is 1. The Morgan fingerprint density at radius 1 is 0.759 bits per heavy atom. The number of hydrogen-bond donors (Lipinski definition) is 3.